The highest BCUT2D eigenvalue weighted by Crippen LogP contribution is 2.30. The van der Waals surface area contributed by atoms with Crippen molar-refractivity contribution in [2.24, 2.45) is 0 Å². The first kappa shape index (κ1) is 12.5. The van der Waals surface area contributed by atoms with Crippen LogP contribution in [0.15, 0.2) is 12.1 Å². The van der Waals surface area contributed by atoms with Crippen molar-refractivity contribution in [2.45, 2.75) is 6.42 Å². The lowest BCUT2D eigenvalue weighted by Crippen LogP contribution is -1.86. The van der Waals surface area contributed by atoms with Gasteiger partial charge in [0.2, 0.25) is 0 Å². The van der Waals surface area contributed by atoms with Gasteiger partial charge in [-0.2, -0.15) is 0 Å². The van der Waals surface area contributed by atoms with Crippen molar-refractivity contribution in [1.82, 2.24) is 0 Å². The predicted octanol–water partition coefficient (Wildman–Crippen LogP) is 3.98. The Labute approximate surface area is 104 Å². The fourth-order valence-electron chi connectivity index (χ4n) is 0.986. The molecule has 0 aliphatic rings. The van der Waals surface area contributed by atoms with Crippen molar-refractivity contribution >= 4 is 34.8 Å². The molecule has 80 valence electrons. The van der Waals surface area contributed by atoms with Crippen molar-refractivity contribution in [1.29, 1.82) is 0 Å². The molecular weight excluding hydrogens is 254 g/mol. The highest BCUT2D eigenvalue weighted by Gasteiger charge is 2.05. The van der Waals surface area contributed by atoms with Gasteiger partial charge in [-0.15, -0.1) is 11.6 Å². The second-order valence-corrected chi connectivity index (χ2v) is 3.90. The Morgan fingerprint density at radius 3 is 2.60 bits per heavy atom. The molecule has 0 atom stereocenters. The van der Waals surface area contributed by atoms with Crippen LogP contribution >= 0.6 is 34.8 Å². The molecule has 0 heterocycles. The molecule has 0 saturated carbocycles. The van der Waals surface area contributed by atoms with E-state index in [1.807, 2.05) is 0 Å². The zero-order valence-corrected chi connectivity index (χ0v) is 10.4. The summed E-state index contributed by atoms with van der Waals surface area (Å²) in [6, 6.07) is 3.33. The van der Waals surface area contributed by atoms with Gasteiger partial charge in [0.15, 0.2) is 0 Å². The molecule has 0 fully saturated rings. The summed E-state index contributed by atoms with van der Waals surface area (Å²) in [5.41, 5.74) is 0.688. The largest absolute Gasteiger partial charge is 0.495 e. The highest BCUT2D eigenvalue weighted by molar-refractivity contribution is 6.35. The van der Waals surface area contributed by atoms with Crippen LogP contribution in [0.1, 0.15) is 12.0 Å². The van der Waals surface area contributed by atoms with E-state index in [4.69, 9.17) is 39.5 Å². The molecule has 0 radical (unpaired) electrons. The highest BCUT2D eigenvalue weighted by atomic mass is 35.5. The molecule has 15 heavy (non-hydrogen) atoms. The van der Waals surface area contributed by atoms with Crippen LogP contribution in [-0.4, -0.2) is 13.0 Å². The fraction of sp³-hybridized carbons (Fsp3) is 0.273. The molecule has 4 heteroatoms. The molecule has 0 spiro atoms. The van der Waals surface area contributed by atoms with Crippen molar-refractivity contribution < 1.29 is 4.74 Å². The number of methoxy groups -OCH3 is 1. The first-order chi connectivity index (χ1) is 7.19. The normalized spacial score (nSPS) is 9.33. The number of benzene rings is 1. The monoisotopic (exact) mass is 262 g/mol. The number of alkyl halides is 1. The van der Waals surface area contributed by atoms with Crippen molar-refractivity contribution in [3.8, 4) is 17.6 Å². The molecule has 0 aliphatic carbocycles. The average Bonchev–Trinajstić information content (AvgIpc) is 2.23. The third-order valence-corrected chi connectivity index (χ3v) is 2.48. The van der Waals surface area contributed by atoms with Crippen molar-refractivity contribution in [2.75, 3.05) is 13.0 Å². The van der Waals surface area contributed by atoms with Gasteiger partial charge >= 0.3 is 0 Å². The van der Waals surface area contributed by atoms with Gasteiger partial charge in [0.05, 0.1) is 17.2 Å². The summed E-state index contributed by atoms with van der Waals surface area (Å²) >= 11 is 17.4. The lowest BCUT2D eigenvalue weighted by molar-refractivity contribution is 0.415. The Balaban J connectivity index is 3.01. The summed E-state index contributed by atoms with van der Waals surface area (Å²) in [4.78, 5) is 0. The first-order valence-corrected chi connectivity index (χ1v) is 5.56. The quantitative estimate of drug-likeness (QED) is 0.579. The molecule has 0 N–H and O–H groups in total. The maximum Gasteiger partial charge on any atom is 0.139 e. The standard InChI is InChI=1S/C11H9Cl3O/c1-15-11-7-9(13)8(6-10(11)14)4-2-3-5-12/h6-7H,3,5H2,1H3. The van der Waals surface area contributed by atoms with Gasteiger partial charge < -0.3 is 4.74 Å². The molecule has 1 nitrogen and oxygen atoms in total. The van der Waals surface area contributed by atoms with E-state index in [0.29, 0.717) is 33.7 Å². The molecule has 0 saturated heterocycles. The van der Waals surface area contributed by atoms with Gasteiger partial charge in [0, 0.05) is 23.9 Å². The number of hydrogen-bond acceptors (Lipinski definition) is 1. The smallest absolute Gasteiger partial charge is 0.139 e. The summed E-state index contributed by atoms with van der Waals surface area (Å²) < 4.78 is 5.02. The summed E-state index contributed by atoms with van der Waals surface area (Å²) in [6.45, 7) is 0. The Morgan fingerprint density at radius 1 is 1.27 bits per heavy atom. The molecule has 0 bridgehead atoms. The van der Waals surface area contributed by atoms with Crippen LogP contribution < -0.4 is 4.74 Å². The Kier molecular flexibility index (Phi) is 5.11. The summed E-state index contributed by atoms with van der Waals surface area (Å²) in [6.07, 6.45) is 0.627. The van der Waals surface area contributed by atoms with E-state index >= 15 is 0 Å². The van der Waals surface area contributed by atoms with Crippen LogP contribution in [0.2, 0.25) is 10.0 Å². The second kappa shape index (κ2) is 6.12. The van der Waals surface area contributed by atoms with Gasteiger partial charge in [-0.25, -0.2) is 0 Å². The van der Waals surface area contributed by atoms with Gasteiger partial charge in [-0.1, -0.05) is 35.0 Å². The summed E-state index contributed by atoms with van der Waals surface area (Å²) in [5.74, 6) is 6.84. The van der Waals surface area contributed by atoms with E-state index in [1.165, 1.54) is 7.11 Å². The van der Waals surface area contributed by atoms with Crippen LogP contribution in [0.4, 0.5) is 0 Å². The number of halogens is 3. The Morgan fingerprint density at radius 2 is 2.00 bits per heavy atom. The minimum Gasteiger partial charge on any atom is -0.495 e. The van der Waals surface area contributed by atoms with E-state index in [-0.39, 0.29) is 0 Å². The van der Waals surface area contributed by atoms with Crippen LogP contribution in [0.3, 0.4) is 0 Å². The molecule has 1 aromatic rings. The van der Waals surface area contributed by atoms with Gasteiger partial charge in [-0.05, 0) is 6.07 Å². The Bertz CT molecular complexity index is 404. The van der Waals surface area contributed by atoms with E-state index in [9.17, 15) is 0 Å². The van der Waals surface area contributed by atoms with Gasteiger partial charge in [0.1, 0.15) is 5.75 Å². The predicted molar refractivity (Wildman–Crippen MR) is 65.2 cm³/mol. The average molecular weight is 264 g/mol. The Hall–Kier alpha value is -0.550. The maximum atomic E-state index is 5.98. The fourth-order valence-corrected chi connectivity index (χ4v) is 1.52. The molecule has 1 rings (SSSR count). The van der Waals surface area contributed by atoms with Gasteiger partial charge in [0.25, 0.3) is 0 Å². The molecule has 1 aromatic carbocycles. The number of rotatable bonds is 2. The zero-order chi connectivity index (χ0) is 11.3. The van der Waals surface area contributed by atoms with Crippen LogP contribution in [-0.2, 0) is 0 Å². The minimum absolute atomic E-state index is 0.497. The lowest BCUT2D eigenvalue weighted by Gasteiger charge is -2.04. The summed E-state index contributed by atoms with van der Waals surface area (Å²) in [5, 5.41) is 1.02. The van der Waals surface area contributed by atoms with Crippen molar-refractivity contribution in [3.63, 3.8) is 0 Å². The van der Waals surface area contributed by atoms with E-state index in [2.05, 4.69) is 11.8 Å². The van der Waals surface area contributed by atoms with Gasteiger partial charge in [-0.3, -0.25) is 0 Å². The van der Waals surface area contributed by atoms with Crippen molar-refractivity contribution in [3.05, 3.63) is 27.7 Å². The summed E-state index contributed by atoms with van der Waals surface area (Å²) in [7, 11) is 1.54. The van der Waals surface area contributed by atoms with E-state index in [1.54, 1.807) is 12.1 Å². The van der Waals surface area contributed by atoms with Crippen LogP contribution in [0.25, 0.3) is 0 Å². The molecular formula is C11H9Cl3O. The zero-order valence-electron chi connectivity index (χ0n) is 8.11. The molecule has 0 aromatic heterocycles. The number of hydrogen-bond donors (Lipinski definition) is 0. The third kappa shape index (κ3) is 3.50. The van der Waals surface area contributed by atoms with Crippen LogP contribution in [0.5, 0.6) is 5.75 Å². The third-order valence-electron chi connectivity index (χ3n) is 1.68. The second-order valence-electron chi connectivity index (χ2n) is 2.71. The first-order valence-electron chi connectivity index (χ1n) is 4.27. The molecule has 0 unspecified atom stereocenters. The van der Waals surface area contributed by atoms with E-state index < -0.39 is 0 Å². The van der Waals surface area contributed by atoms with Crippen LogP contribution in [0, 0.1) is 11.8 Å². The molecule has 0 aliphatic heterocycles. The molecule has 0 amide bonds. The maximum absolute atomic E-state index is 5.98. The lowest BCUT2D eigenvalue weighted by atomic mass is 10.2. The minimum atomic E-state index is 0.497. The van der Waals surface area contributed by atoms with E-state index in [0.717, 1.165) is 0 Å². The topological polar surface area (TPSA) is 9.23 Å². The number of ether oxygens (including phenoxy) is 1. The SMILES string of the molecule is COc1cc(Cl)c(C#CCCCl)cc1Cl.